The number of fused-ring (bicyclic) bond motifs is 1. The first-order valence-corrected chi connectivity index (χ1v) is 13.4. The molecule has 3 aromatic carbocycles. The number of pyridine rings is 1. The topological polar surface area (TPSA) is 107 Å². The molecule has 0 aliphatic heterocycles. The van der Waals surface area contributed by atoms with E-state index in [-0.39, 0.29) is 24.7 Å². The predicted octanol–water partition coefficient (Wildman–Crippen LogP) is 6.24. The number of unbranched alkanes of at least 4 members (excludes halogenated alkanes) is 1. The normalized spacial score (nSPS) is 10.9. The van der Waals surface area contributed by atoms with Crippen molar-refractivity contribution in [2.75, 3.05) is 41.7 Å². The molecule has 1 aromatic heterocycles. The molecule has 0 aliphatic rings. The molecule has 0 bridgehead atoms. The lowest BCUT2D eigenvalue weighted by Gasteiger charge is -2.14. The molecule has 0 spiro atoms. The maximum Gasteiger partial charge on any atom is 0.372 e. The lowest BCUT2D eigenvalue weighted by Crippen LogP contribution is -2.15. The molecule has 4 rings (SSSR count). The van der Waals surface area contributed by atoms with Gasteiger partial charge in [-0.2, -0.15) is 0 Å². The number of aromatic nitrogens is 1. The minimum Gasteiger partial charge on any atom is -0.494 e. The van der Waals surface area contributed by atoms with Crippen LogP contribution in [0.4, 0.5) is 0 Å². The highest BCUT2D eigenvalue weighted by Gasteiger charge is 2.19. The number of methoxy groups -OCH3 is 4. The fourth-order valence-electron chi connectivity index (χ4n) is 4.14. The Balaban J connectivity index is 0.00000506. The number of ether oxygens (including phenoxy) is 6. The second kappa shape index (κ2) is 16.1. The molecule has 11 heteroatoms. The molecule has 10 nitrogen and oxygen atoms in total. The first-order chi connectivity index (χ1) is 20.5. The fraction of sp³-hybridized carbons (Fsp3) is 0.281. The first kappa shape index (κ1) is 32.8. The Morgan fingerprint density at radius 1 is 0.767 bits per heavy atom. The van der Waals surface area contributed by atoms with Crippen molar-refractivity contribution in [1.29, 1.82) is 0 Å². The third-order valence-electron chi connectivity index (χ3n) is 6.34. The number of oxime groups is 1. The van der Waals surface area contributed by atoms with Gasteiger partial charge in [0, 0.05) is 17.1 Å². The average Bonchev–Trinajstić information content (AvgIpc) is 3.03. The summed E-state index contributed by atoms with van der Waals surface area (Å²) in [6.45, 7) is 2.40. The Morgan fingerprint density at radius 2 is 1.40 bits per heavy atom. The number of halogens is 1. The summed E-state index contributed by atoms with van der Waals surface area (Å²) in [5, 5.41) is 5.78. The van der Waals surface area contributed by atoms with Crippen LogP contribution in [0.25, 0.3) is 10.8 Å². The zero-order valence-corrected chi connectivity index (χ0v) is 25.6. The molecule has 1 heterocycles. The van der Waals surface area contributed by atoms with E-state index in [2.05, 4.69) is 17.1 Å². The minimum absolute atomic E-state index is 0. The number of hydrogen-bond acceptors (Lipinski definition) is 10. The van der Waals surface area contributed by atoms with Gasteiger partial charge in [0.15, 0.2) is 29.6 Å². The summed E-state index contributed by atoms with van der Waals surface area (Å²) in [7, 11) is 6.21. The molecule has 0 atom stereocenters. The van der Waals surface area contributed by atoms with Crippen LogP contribution < -0.4 is 28.4 Å². The van der Waals surface area contributed by atoms with Crippen LogP contribution in [0.1, 0.15) is 31.0 Å². The van der Waals surface area contributed by atoms with Gasteiger partial charge in [0.25, 0.3) is 0 Å². The van der Waals surface area contributed by atoms with Gasteiger partial charge in [0.2, 0.25) is 0 Å². The van der Waals surface area contributed by atoms with Crippen LogP contribution in [-0.4, -0.2) is 58.3 Å². The zero-order chi connectivity index (χ0) is 29.9. The Kier molecular flexibility index (Phi) is 12.3. The number of hydrogen-bond donors (Lipinski definition) is 0. The minimum atomic E-state index is -0.698. The largest absolute Gasteiger partial charge is 0.494 e. The zero-order valence-electron chi connectivity index (χ0n) is 24.7. The van der Waals surface area contributed by atoms with Crippen LogP contribution in [0.15, 0.2) is 72.0 Å². The number of benzene rings is 3. The van der Waals surface area contributed by atoms with Gasteiger partial charge in [0.1, 0.15) is 22.9 Å². The molecule has 0 saturated heterocycles. The van der Waals surface area contributed by atoms with E-state index in [9.17, 15) is 4.79 Å². The van der Waals surface area contributed by atoms with Gasteiger partial charge in [-0.1, -0.05) is 18.5 Å². The van der Waals surface area contributed by atoms with Gasteiger partial charge in [-0.3, -0.25) is 4.98 Å². The van der Waals surface area contributed by atoms with Gasteiger partial charge in [0.05, 0.1) is 35.0 Å². The summed E-state index contributed by atoms with van der Waals surface area (Å²) in [5.41, 5.74) is 1.32. The van der Waals surface area contributed by atoms with Crippen molar-refractivity contribution in [2.45, 2.75) is 19.8 Å². The van der Waals surface area contributed by atoms with E-state index in [0.29, 0.717) is 52.0 Å². The summed E-state index contributed by atoms with van der Waals surface area (Å²) in [6, 6.07) is 17.8. The van der Waals surface area contributed by atoms with Crippen LogP contribution in [0, 0.1) is 0 Å². The lowest BCUT2D eigenvalue weighted by atomic mass is 10.0. The number of nitrogens with zero attached hydrogens (tertiary/aromatic N) is 2. The van der Waals surface area contributed by atoms with E-state index < -0.39 is 5.97 Å². The average molecular weight is 611 g/mol. The molecule has 228 valence electrons. The van der Waals surface area contributed by atoms with Crippen LogP contribution in [0.2, 0.25) is 0 Å². The van der Waals surface area contributed by atoms with Gasteiger partial charge < -0.3 is 33.3 Å². The molecule has 43 heavy (non-hydrogen) atoms. The maximum absolute atomic E-state index is 12.7. The summed E-state index contributed by atoms with van der Waals surface area (Å²) >= 11 is 0. The standard InChI is InChI=1S/C32H34N2O8.ClH/c1-6-7-16-40-23-9-11-24(12-10-23)41-20-30(35)42-34-31(22-8-13-26(36-2)27(18-22)37-3)32-25-19-29(39-5)28(38-4)17-21(25)14-15-33-32;/h8-15,17-19H,6-7,16,20H2,1-5H3;1H/b34-31+;. The second-order valence-corrected chi connectivity index (χ2v) is 9.02. The van der Waals surface area contributed by atoms with E-state index in [1.165, 1.54) is 7.11 Å². The van der Waals surface area contributed by atoms with Crippen molar-refractivity contribution in [2.24, 2.45) is 5.16 Å². The number of carbonyl (C=O) groups is 1. The highest BCUT2D eigenvalue weighted by atomic mass is 35.5. The summed E-state index contributed by atoms with van der Waals surface area (Å²) in [6.07, 6.45) is 3.67. The molecule has 0 N–H and O–H groups in total. The lowest BCUT2D eigenvalue weighted by molar-refractivity contribution is -0.146. The van der Waals surface area contributed by atoms with E-state index in [1.807, 2.05) is 12.1 Å². The summed E-state index contributed by atoms with van der Waals surface area (Å²) < 4.78 is 33.1. The molecule has 0 saturated carbocycles. The molecule has 0 radical (unpaired) electrons. The van der Waals surface area contributed by atoms with Crippen LogP contribution >= 0.6 is 12.4 Å². The Hall–Kier alpha value is -4.70. The van der Waals surface area contributed by atoms with Crippen molar-refractivity contribution in [1.82, 2.24) is 4.98 Å². The van der Waals surface area contributed by atoms with Crippen molar-refractivity contribution in [3.8, 4) is 34.5 Å². The molecule has 0 aliphatic carbocycles. The van der Waals surface area contributed by atoms with Gasteiger partial charge in [-0.15, -0.1) is 12.4 Å². The smallest absolute Gasteiger partial charge is 0.372 e. The van der Waals surface area contributed by atoms with Crippen LogP contribution in [0.5, 0.6) is 34.5 Å². The van der Waals surface area contributed by atoms with Crippen LogP contribution in [-0.2, 0) is 9.63 Å². The highest BCUT2D eigenvalue weighted by Crippen LogP contribution is 2.35. The van der Waals surface area contributed by atoms with Crippen LogP contribution in [0.3, 0.4) is 0 Å². The van der Waals surface area contributed by atoms with Crippen molar-refractivity contribution < 1.29 is 38.1 Å². The third kappa shape index (κ3) is 8.20. The Labute approximate surface area is 256 Å². The molecule has 0 fully saturated rings. The number of rotatable bonds is 14. The Morgan fingerprint density at radius 3 is 2.05 bits per heavy atom. The van der Waals surface area contributed by atoms with Crippen molar-refractivity contribution in [3.05, 3.63) is 78.1 Å². The highest BCUT2D eigenvalue weighted by molar-refractivity contribution is 6.18. The fourth-order valence-corrected chi connectivity index (χ4v) is 4.14. The number of carbonyl (C=O) groups excluding carboxylic acids is 1. The molecule has 0 unspecified atom stereocenters. The summed E-state index contributed by atoms with van der Waals surface area (Å²) in [4.78, 5) is 22.6. The molecular weight excluding hydrogens is 576 g/mol. The summed E-state index contributed by atoms with van der Waals surface area (Å²) in [5.74, 6) is 2.61. The Bertz CT molecular complexity index is 1540. The van der Waals surface area contributed by atoms with Crippen molar-refractivity contribution >= 4 is 34.9 Å². The van der Waals surface area contributed by atoms with Gasteiger partial charge in [-0.05, 0) is 72.5 Å². The quantitative estimate of drug-likeness (QED) is 0.0709. The van der Waals surface area contributed by atoms with E-state index in [4.69, 9.17) is 33.3 Å². The van der Waals surface area contributed by atoms with E-state index in [0.717, 1.165) is 24.0 Å². The van der Waals surface area contributed by atoms with Gasteiger partial charge >= 0.3 is 5.97 Å². The molecule has 0 amide bonds. The monoisotopic (exact) mass is 610 g/mol. The van der Waals surface area contributed by atoms with Gasteiger partial charge in [-0.25, -0.2) is 4.79 Å². The first-order valence-electron chi connectivity index (χ1n) is 13.4. The van der Waals surface area contributed by atoms with E-state index >= 15 is 0 Å². The molecule has 4 aromatic rings. The predicted molar refractivity (Wildman–Crippen MR) is 166 cm³/mol. The molecular formula is C32H35ClN2O8. The second-order valence-electron chi connectivity index (χ2n) is 9.02. The van der Waals surface area contributed by atoms with Crippen molar-refractivity contribution in [3.63, 3.8) is 0 Å². The van der Waals surface area contributed by atoms with E-state index in [1.54, 1.807) is 76.1 Å². The SMILES string of the molecule is CCCCOc1ccc(OCC(=O)O/N=C(\c2ccc(OC)c(OC)c2)c2nccc3cc(OC)c(OC)cc23)cc1.Cl. The third-order valence-corrected chi connectivity index (χ3v) is 6.34. The maximum atomic E-state index is 12.7.